The summed E-state index contributed by atoms with van der Waals surface area (Å²) in [6, 6.07) is 3.99. The molecule has 0 spiro atoms. The number of carbonyl (C=O) groups excluding carboxylic acids is 1. The number of anilines is 1. The van der Waals surface area contributed by atoms with Gasteiger partial charge in [-0.15, -0.1) is 0 Å². The first kappa shape index (κ1) is 13.5. The summed E-state index contributed by atoms with van der Waals surface area (Å²) in [7, 11) is -3.36. The van der Waals surface area contributed by atoms with Crippen LogP contribution in [0, 0.1) is 0 Å². The highest BCUT2D eigenvalue weighted by Gasteiger charge is 2.15. The third-order valence-corrected chi connectivity index (χ3v) is 3.22. The van der Waals surface area contributed by atoms with Crippen LogP contribution in [0.5, 0.6) is 0 Å². The molecule has 0 aromatic heterocycles. The number of carbonyl (C=O) groups is 1. The zero-order chi connectivity index (χ0) is 13.1. The molecule has 17 heavy (non-hydrogen) atoms. The second-order valence-electron chi connectivity index (χ2n) is 3.66. The van der Waals surface area contributed by atoms with Crippen LogP contribution in [0.15, 0.2) is 23.1 Å². The quantitative estimate of drug-likeness (QED) is 0.647. The number of hydrogen-bond donors (Lipinski definition) is 1. The number of benzene rings is 1. The number of sulfone groups is 1. The molecule has 0 atom stereocenters. The van der Waals surface area contributed by atoms with Crippen molar-refractivity contribution in [3.63, 3.8) is 0 Å². The number of nitrogens with two attached hydrogens (primary N) is 1. The molecule has 1 rings (SSSR count). The van der Waals surface area contributed by atoms with Crippen molar-refractivity contribution in [3.05, 3.63) is 23.8 Å². The summed E-state index contributed by atoms with van der Waals surface area (Å²) in [5.74, 6) is -0.602. The first-order valence-electron chi connectivity index (χ1n) is 5.13. The molecule has 1 aromatic rings. The molecular weight excluding hydrogens is 242 g/mol. The Hall–Kier alpha value is -1.56. The van der Waals surface area contributed by atoms with Crippen molar-refractivity contribution < 1.29 is 17.9 Å². The van der Waals surface area contributed by atoms with Crippen LogP contribution >= 0.6 is 0 Å². The lowest BCUT2D eigenvalue weighted by Gasteiger charge is -2.07. The molecule has 94 valence electrons. The molecule has 2 N–H and O–H groups in total. The van der Waals surface area contributed by atoms with Gasteiger partial charge in [-0.05, 0) is 24.6 Å². The van der Waals surface area contributed by atoms with Crippen LogP contribution in [0.1, 0.15) is 23.7 Å². The first-order valence-corrected chi connectivity index (χ1v) is 7.02. The van der Waals surface area contributed by atoms with Crippen molar-refractivity contribution in [2.75, 3.05) is 18.6 Å². The van der Waals surface area contributed by atoms with Crippen molar-refractivity contribution in [2.45, 2.75) is 18.2 Å². The normalized spacial score (nSPS) is 11.2. The maximum absolute atomic E-state index is 11.6. The smallest absolute Gasteiger partial charge is 0.340 e. The second kappa shape index (κ2) is 5.18. The molecular formula is C11H15NO4S. The summed E-state index contributed by atoms with van der Waals surface area (Å²) in [4.78, 5) is 11.7. The van der Waals surface area contributed by atoms with Gasteiger partial charge in [-0.3, -0.25) is 0 Å². The fraction of sp³-hybridized carbons (Fsp3) is 0.364. The first-order chi connectivity index (χ1) is 7.86. The number of ether oxygens (including phenoxy) is 1. The van der Waals surface area contributed by atoms with Gasteiger partial charge < -0.3 is 10.5 Å². The van der Waals surface area contributed by atoms with Gasteiger partial charge in [0.25, 0.3) is 0 Å². The minimum atomic E-state index is -3.36. The predicted octanol–water partition coefficient (Wildman–Crippen LogP) is 1.24. The molecule has 6 heteroatoms. The Morgan fingerprint density at radius 3 is 2.59 bits per heavy atom. The van der Waals surface area contributed by atoms with Gasteiger partial charge >= 0.3 is 5.97 Å². The van der Waals surface area contributed by atoms with E-state index in [1.807, 2.05) is 6.92 Å². The molecule has 0 bridgehead atoms. The van der Waals surface area contributed by atoms with E-state index in [0.717, 1.165) is 6.26 Å². The zero-order valence-electron chi connectivity index (χ0n) is 9.76. The van der Waals surface area contributed by atoms with E-state index in [4.69, 9.17) is 10.5 Å². The maximum Gasteiger partial charge on any atom is 0.340 e. The van der Waals surface area contributed by atoms with Crippen molar-refractivity contribution in [1.29, 1.82) is 0 Å². The molecule has 0 saturated heterocycles. The van der Waals surface area contributed by atoms with Gasteiger partial charge in [0.2, 0.25) is 0 Å². The zero-order valence-corrected chi connectivity index (χ0v) is 10.6. The van der Waals surface area contributed by atoms with E-state index in [1.54, 1.807) is 0 Å². The summed E-state index contributed by atoms with van der Waals surface area (Å²) in [6.45, 7) is 2.14. The summed E-state index contributed by atoms with van der Waals surface area (Å²) in [5, 5.41) is 0. The molecule has 0 aliphatic rings. The minimum Gasteiger partial charge on any atom is -0.462 e. The molecule has 0 saturated carbocycles. The summed E-state index contributed by atoms with van der Waals surface area (Å²) >= 11 is 0. The number of hydrogen-bond acceptors (Lipinski definition) is 5. The van der Waals surface area contributed by atoms with E-state index in [-0.39, 0.29) is 22.8 Å². The summed E-state index contributed by atoms with van der Waals surface area (Å²) in [5.41, 5.74) is 5.90. The molecule has 5 nitrogen and oxygen atoms in total. The van der Waals surface area contributed by atoms with Crippen LogP contribution < -0.4 is 5.73 Å². The van der Waals surface area contributed by atoms with Crippen LogP contribution in [-0.4, -0.2) is 27.2 Å². The molecule has 1 aromatic carbocycles. The van der Waals surface area contributed by atoms with Crippen molar-refractivity contribution in [1.82, 2.24) is 0 Å². The van der Waals surface area contributed by atoms with Gasteiger partial charge in [0.1, 0.15) is 0 Å². The molecule has 0 radical (unpaired) electrons. The van der Waals surface area contributed by atoms with E-state index < -0.39 is 15.8 Å². The Balaban J connectivity index is 3.11. The lowest BCUT2D eigenvalue weighted by Crippen LogP contribution is -2.10. The summed E-state index contributed by atoms with van der Waals surface area (Å²) in [6.07, 6.45) is 1.76. The number of esters is 1. The van der Waals surface area contributed by atoms with Crippen LogP contribution in [0.25, 0.3) is 0 Å². The van der Waals surface area contributed by atoms with Gasteiger partial charge in [0, 0.05) is 11.9 Å². The van der Waals surface area contributed by atoms with Gasteiger partial charge in [0.05, 0.1) is 17.1 Å². The second-order valence-corrected chi connectivity index (χ2v) is 5.67. The monoisotopic (exact) mass is 257 g/mol. The lowest BCUT2D eigenvalue weighted by atomic mass is 10.2. The molecule has 0 heterocycles. The largest absolute Gasteiger partial charge is 0.462 e. The lowest BCUT2D eigenvalue weighted by molar-refractivity contribution is 0.0506. The highest BCUT2D eigenvalue weighted by molar-refractivity contribution is 7.90. The van der Waals surface area contributed by atoms with Gasteiger partial charge in [-0.2, -0.15) is 0 Å². The van der Waals surface area contributed by atoms with Crippen molar-refractivity contribution >= 4 is 21.5 Å². The number of nitrogen functional groups attached to an aromatic ring is 1. The highest BCUT2D eigenvalue weighted by atomic mass is 32.2. The fourth-order valence-electron chi connectivity index (χ4n) is 1.22. The predicted molar refractivity (Wildman–Crippen MR) is 64.5 cm³/mol. The Kier molecular flexibility index (Phi) is 4.11. The average Bonchev–Trinajstić information content (AvgIpc) is 2.24. The van der Waals surface area contributed by atoms with Crippen molar-refractivity contribution in [2.24, 2.45) is 0 Å². The third-order valence-electron chi connectivity index (χ3n) is 2.11. The number of rotatable bonds is 4. The van der Waals surface area contributed by atoms with Crippen LogP contribution in [-0.2, 0) is 14.6 Å². The third kappa shape index (κ3) is 3.45. The molecule has 0 fully saturated rings. The minimum absolute atomic E-state index is 0.0511. The van der Waals surface area contributed by atoms with Gasteiger partial charge in [-0.1, -0.05) is 6.92 Å². The average molecular weight is 257 g/mol. The topological polar surface area (TPSA) is 86.5 Å². The van der Waals surface area contributed by atoms with E-state index >= 15 is 0 Å². The van der Waals surface area contributed by atoms with E-state index in [0.29, 0.717) is 6.42 Å². The Morgan fingerprint density at radius 2 is 2.06 bits per heavy atom. The Morgan fingerprint density at radius 1 is 1.41 bits per heavy atom. The molecule has 0 aliphatic carbocycles. The van der Waals surface area contributed by atoms with Gasteiger partial charge in [0.15, 0.2) is 9.84 Å². The van der Waals surface area contributed by atoms with E-state index in [2.05, 4.69) is 0 Å². The van der Waals surface area contributed by atoms with Crippen LogP contribution in [0.3, 0.4) is 0 Å². The molecule has 0 aliphatic heterocycles. The van der Waals surface area contributed by atoms with Gasteiger partial charge in [-0.25, -0.2) is 13.2 Å². The van der Waals surface area contributed by atoms with E-state index in [1.165, 1.54) is 18.2 Å². The highest BCUT2D eigenvalue weighted by Crippen LogP contribution is 2.18. The standard InChI is InChI=1S/C11H15NO4S/c1-3-6-16-11(13)9-7-8(17(2,14)15)4-5-10(9)12/h4-5,7H,3,6,12H2,1-2H3. The Bertz CT molecular complexity index is 522. The maximum atomic E-state index is 11.6. The fourth-order valence-corrected chi connectivity index (χ4v) is 1.86. The summed E-state index contributed by atoms with van der Waals surface area (Å²) < 4.78 is 27.6. The van der Waals surface area contributed by atoms with Crippen LogP contribution in [0.4, 0.5) is 5.69 Å². The van der Waals surface area contributed by atoms with Crippen LogP contribution in [0.2, 0.25) is 0 Å². The molecule has 0 amide bonds. The molecule has 0 unspecified atom stereocenters. The SMILES string of the molecule is CCCOC(=O)c1cc(S(C)(=O)=O)ccc1N. The van der Waals surface area contributed by atoms with E-state index in [9.17, 15) is 13.2 Å². The van der Waals surface area contributed by atoms with Crippen molar-refractivity contribution in [3.8, 4) is 0 Å². The Labute approximate surface area is 100 Å².